The zero-order chi connectivity index (χ0) is 11.5. The van der Waals surface area contributed by atoms with Crippen molar-refractivity contribution in [2.24, 2.45) is 0 Å². The van der Waals surface area contributed by atoms with Gasteiger partial charge in [0, 0.05) is 10.2 Å². The predicted molar refractivity (Wildman–Crippen MR) is 74.2 cm³/mol. The van der Waals surface area contributed by atoms with E-state index >= 15 is 0 Å². The molecule has 0 aromatic heterocycles. The Morgan fingerprint density at radius 2 is 2.38 bits per heavy atom. The van der Waals surface area contributed by atoms with Gasteiger partial charge in [-0.2, -0.15) is 11.8 Å². The highest BCUT2D eigenvalue weighted by Crippen LogP contribution is 2.36. The van der Waals surface area contributed by atoms with Gasteiger partial charge in [0.15, 0.2) is 0 Å². The fourth-order valence-electron chi connectivity index (χ4n) is 2.15. The summed E-state index contributed by atoms with van der Waals surface area (Å²) in [4.78, 5) is 0. The number of benzene rings is 1. The molecule has 1 heterocycles. The van der Waals surface area contributed by atoms with E-state index in [-0.39, 0.29) is 6.10 Å². The van der Waals surface area contributed by atoms with Gasteiger partial charge < -0.3 is 5.11 Å². The molecule has 1 aliphatic rings. The Bertz CT molecular complexity index is 359. The second kappa shape index (κ2) is 5.56. The Kier molecular flexibility index (Phi) is 4.34. The highest BCUT2D eigenvalue weighted by atomic mass is 79.9. The maximum absolute atomic E-state index is 9.36. The van der Waals surface area contributed by atoms with Gasteiger partial charge in [-0.3, -0.25) is 0 Å². The Balaban J connectivity index is 2.15. The molecule has 1 aromatic rings. The minimum absolute atomic E-state index is 0.264. The number of hydrogen-bond donors (Lipinski definition) is 1. The van der Waals surface area contributed by atoms with Crippen molar-refractivity contribution in [2.75, 3.05) is 11.5 Å². The molecule has 0 saturated carbocycles. The van der Waals surface area contributed by atoms with Gasteiger partial charge in [0.05, 0.1) is 6.10 Å². The van der Waals surface area contributed by atoms with E-state index in [9.17, 15) is 5.11 Å². The van der Waals surface area contributed by atoms with Crippen molar-refractivity contribution in [3.8, 4) is 0 Å². The molecular formula is C13H17BrOS. The van der Waals surface area contributed by atoms with Crippen molar-refractivity contribution >= 4 is 27.7 Å². The minimum atomic E-state index is -0.264. The molecule has 1 fully saturated rings. The molecule has 1 aliphatic heterocycles. The van der Waals surface area contributed by atoms with E-state index in [1.165, 1.54) is 33.5 Å². The van der Waals surface area contributed by atoms with Crippen LogP contribution in [0.3, 0.4) is 0 Å². The molecule has 1 nitrogen and oxygen atoms in total. The fourth-order valence-corrected chi connectivity index (χ4v) is 4.15. The van der Waals surface area contributed by atoms with E-state index in [0.717, 1.165) is 6.42 Å². The van der Waals surface area contributed by atoms with Gasteiger partial charge in [0.25, 0.3) is 0 Å². The van der Waals surface area contributed by atoms with E-state index in [1.807, 2.05) is 18.7 Å². The van der Waals surface area contributed by atoms with Gasteiger partial charge in [-0.05, 0) is 48.6 Å². The molecule has 2 unspecified atom stereocenters. The number of thioether (sulfide) groups is 1. The summed E-state index contributed by atoms with van der Waals surface area (Å²) >= 11 is 5.70. The molecule has 1 aromatic carbocycles. The van der Waals surface area contributed by atoms with Crippen LogP contribution in [0.4, 0.5) is 0 Å². The molecule has 3 heteroatoms. The molecule has 0 radical (unpaired) electrons. The lowest BCUT2D eigenvalue weighted by Gasteiger charge is -2.13. The van der Waals surface area contributed by atoms with Crippen molar-refractivity contribution < 1.29 is 5.11 Å². The van der Waals surface area contributed by atoms with Crippen LogP contribution in [-0.2, 0) is 6.42 Å². The first-order valence-corrected chi connectivity index (χ1v) is 7.65. The molecule has 1 N–H and O–H groups in total. The molecule has 2 atom stereocenters. The van der Waals surface area contributed by atoms with Crippen LogP contribution >= 0.6 is 27.7 Å². The first kappa shape index (κ1) is 12.5. The molecule has 0 spiro atoms. The van der Waals surface area contributed by atoms with E-state index in [4.69, 9.17) is 0 Å². The normalized spacial score (nSPS) is 22.3. The predicted octanol–water partition coefficient (Wildman–Crippen LogP) is 3.59. The van der Waals surface area contributed by atoms with Gasteiger partial charge in [0.2, 0.25) is 0 Å². The Labute approximate surface area is 110 Å². The molecule has 0 bridgehead atoms. The van der Waals surface area contributed by atoms with Crippen LogP contribution in [0, 0.1) is 0 Å². The van der Waals surface area contributed by atoms with Crippen LogP contribution in [0.1, 0.15) is 30.4 Å². The first-order valence-electron chi connectivity index (χ1n) is 5.71. The molecule has 2 rings (SSSR count). The summed E-state index contributed by atoms with van der Waals surface area (Å²) in [5.41, 5.74) is 2.63. The maximum atomic E-state index is 9.36. The lowest BCUT2D eigenvalue weighted by molar-refractivity contribution is 0.195. The highest BCUT2D eigenvalue weighted by Gasteiger charge is 2.19. The smallest absolute Gasteiger partial charge is 0.0552 e. The molecular weight excluding hydrogens is 284 g/mol. The molecule has 0 amide bonds. The second-order valence-electron chi connectivity index (χ2n) is 4.47. The number of rotatable bonds is 3. The van der Waals surface area contributed by atoms with Crippen LogP contribution in [-0.4, -0.2) is 22.7 Å². The summed E-state index contributed by atoms with van der Waals surface area (Å²) in [5, 5.41) is 9.36. The standard InChI is InChI=1S/C13H17BrOS/c1-9(15)6-10-2-3-12(13(14)7-10)11-4-5-16-8-11/h2-3,7,9,11,15H,4-6,8H2,1H3. The summed E-state index contributed by atoms with van der Waals surface area (Å²) < 4.78 is 1.21. The largest absolute Gasteiger partial charge is 0.393 e. The van der Waals surface area contributed by atoms with Crippen LogP contribution in [0.2, 0.25) is 0 Å². The highest BCUT2D eigenvalue weighted by molar-refractivity contribution is 9.10. The lowest BCUT2D eigenvalue weighted by Crippen LogP contribution is -2.05. The average Bonchev–Trinajstić information content (AvgIpc) is 2.69. The number of aliphatic hydroxyl groups is 1. The van der Waals surface area contributed by atoms with E-state index < -0.39 is 0 Å². The van der Waals surface area contributed by atoms with Crippen LogP contribution < -0.4 is 0 Å². The topological polar surface area (TPSA) is 20.2 Å². The van der Waals surface area contributed by atoms with Gasteiger partial charge in [-0.25, -0.2) is 0 Å². The Morgan fingerprint density at radius 3 is 2.94 bits per heavy atom. The van der Waals surface area contributed by atoms with Crippen molar-refractivity contribution in [3.05, 3.63) is 33.8 Å². The van der Waals surface area contributed by atoms with Gasteiger partial charge in [-0.15, -0.1) is 0 Å². The maximum Gasteiger partial charge on any atom is 0.0552 e. The number of hydrogen-bond acceptors (Lipinski definition) is 2. The fraction of sp³-hybridized carbons (Fsp3) is 0.538. The van der Waals surface area contributed by atoms with Gasteiger partial charge in [0.1, 0.15) is 0 Å². The monoisotopic (exact) mass is 300 g/mol. The first-order chi connectivity index (χ1) is 7.66. The Hall–Kier alpha value is 0.01000. The van der Waals surface area contributed by atoms with E-state index in [0.29, 0.717) is 5.92 Å². The summed E-state index contributed by atoms with van der Waals surface area (Å²) in [6.07, 6.45) is 1.76. The third-order valence-electron chi connectivity index (χ3n) is 2.97. The van der Waals surface area contributed by atoms with Crippen molar-refractivity contribution in [3.63, 3.8) is 0 Å². The van der Waals surface area contributed by atoms with Crippen molar-refractivity contribution in [1.29, 1.82) is 0 Å². The zero-order valence-corrected chi connectivity index (χ0v) is 11.9. The summed E-state index contributed by atoms with van der Waals surface area (Å²) in [7, 11) is 0. The van der Waals surface area contributed by atoms with Crippen LogP contribution in [0.15, 0.2) is 22.7 Å². The Morgan fingerprint density at radius 1 is 1.56 bits per heavy atom. The molecule has 16 heavy (non-hydrogen) atoms. The number of halogens is 1. The van der Waals surface area contributed by atoms with E-state index in [2.05, 4.69) is 34.1 Å². The molecule has 0 aliphatic carbocycles. The summed E-state index contributed by atoms with van der Waals surface area (Å²) in [5.74, 6) is 3.24. The van der Waals surface area contributed by atoms with Gasteiger partial charge in [-0.1, -0.05) is 28.1 Å². The second-order valence-corrected chi connectivity index (χ2v) is 6.47. The van der Waals surface area contributed by atoms with E-state index in [1.54, 1.807) is 0 Å². The zero-order valence-electron chi connectivity index (χ0n) is 9.45. The van der Waals surface area contributed by atoms with Crippen molar-refractivity contribution in [1.82, 2.24) is 0 Å². The van der Waals surface area contributed by atoms with Gasteiger partial charge >= 0.3 is 0 Å². The SMILES string of the molecule is CC(O)Cc1ccc(C2CCSC2)c(Br)c1. The molecule has 88 valence electrons. The van der Waals surface area contributed by atoms with Crippen LogP contribution in [0.25, 0.3) is 0 Å². The molecule has 1 saturated heterocycles. The minimum Gasteiger partial charge on any atom is -0.393 e. The third-order valence-corrected chi connectivity index (χ3v) is 4.81. The number of aliphatic hydroxyl groups excluding tert-OH is 1. The third kappa shape index (κ3) is 3.02. The summed E-state index contributed by atoms with van der Waals surface area (Å²) in [6.45, 7) is 1.83. The lowest BCUT2D eigenvalue weighted by atomic mass is 9.96. The quantitative estimate of drug-likeness (QED) is 0.920. The summed E-state index contributed by atoms with van der Waals surface area (Å²) in [6, 6.07) is 6.53. The van der Waals surface area contributed by atoms with Crippen LogP contribution in [0.5, 0.6) is 0 Å². The average molecular weight is 301 g/mol. The van der Waals surface area contributed by atoms with Crippen molar-refractivity contribution in [2.45, 2.75) is 31.8 Å².